The number of rotatable bonds is 7. The Hall–Kier alpha value is -4.21. The van der Waals surface area contributed by atoms with E-state index in [2.05, 4.69) is 15.4 Å². The molecule has 0 saturated heterocycles. The summed E-state index contributed by atoms with van der Waals surface area (Å²) in [6.07, 6.45) is -2.52. The molecule has 10 heteroatoms. The molecule has 1 unspecified atom stereocenters. The van der Waals surface area contributed by atoms with Gasteiger partial charge in [-0.05, 0) is 48.9 Å². The topological polar surface area (TPSA) is 69.0 Å². The highest BCUT2D eigenvalue weighted by atomic mass is 19.4. The smallest absolute Gasteiger partial charge is 0.434 e. The Bertz CT molecular complexity index is 1320. The monoisotopic (exact) mass is 484 g/mol. The first kappa shape index (κ1) is 23.9. The third-order valence-corrected chi connectivity index (χ3v) is 5.18. The molecule has 0 saturated carbocycles. The molecule has 0 bridgehead atoms. The van der Waals surface area contributed by atoms with E-state index in [1.54, 1.807) is 43.5 Å². The van der Waals surface area contributed by atoms with Gasteiger partial charge in [-0.15, -0.1) is 0 Å². The molecule has 2 heterocycles. The van der Waals surface area contributed by atoms with Gasteiger partial charge in [-0.1, -0.05) is 30.3 Å². The number of alkyl halides is 3. The molecule has 0 aliphatic heterocycles. The summed E-state index contributed by atoms with van der Waals surface area (Å²) in [5, 5.41) is 6.20. The molecule has 2 aromatic carbocycles. The van der Waals surface area contributed by atoms with Gasteiger partial charge in [0.2, 0.25) is 0 Å². The van der Waals surface area contributed by atoms with Crippen LogP contribution in [0.2, 0.25) is 0 Å². The maximum Gasteiger partial charge on any atom is 0.434 e. The van der Waals surface area contributed by atoms with Gasteiger partial charge in [-0.3, -0.25) is 9.78 Å². The SMILES string of the molecule is CC(NC(=O)c1cnn(-c2ccccc2F)c1C(F)(F)F)c1cccc(OCc2ccccn2)c1. The van der Waals surface area contributed by atoms with Crippen molar-refractivity contribution in [3.8, 4) is 11.4 Å². The molecule has 1 N–H and O–H groups in total. The zero-order valence-corrected chi connectivity index (χ0v) is 18.5. The lowest BCUT2D eigenvalue weighted by atomic mass is 10.1. The van der Waals surface area contributed by atoms with E-state index in [4.69, 9.17) is 4.74 Å². The summed E-state index contributed by atoms with van der Waals surface area (Å²) in [5.74, 6) is -1.38. The third-order valence-electron chi connectivity index (χ3n) is 5.18. The number of aromatic nitrogens is 3. The number of nitrogens with zero attached hydrogens (tertiary/aromatic N) is 3. The van der Waals surface area contributed by atoms with Crippen LogP contribution in [0, 0.1) is 5.82 Å². The molecule has 4 aromatic rings. The molecular formula is C25H20F4N4O2. The van der Waals surface area contributed by atoms with Crippen LogP contribution in [0.1, 0.15) is 40.3 Å². The lowest BCUT2D eigenvalue weighted by Gasteiger charge is -2.17. The van der Waals surface area contributed by atoms with Crippen molar-refractivity contribution in [2.75, 3.05) is 0 Å². The molecule has 4 rings (SSSR count). The van der Waals surface area contributed by atoms with Crippen LogP contribution in [-0.2, 0) is 12.8 Å². The molecule has 0 radical (unpaired) electrons. The predicted molar refractivity (Wildman–Crippen MR) is 119 cm³/mol. The Labute approximate surface area is 198 Å². The first-order chi connectivity index (χ1) is 16.7. The van der Waals surface area contributed by atoms with Crippen molar-refractivity contribution < 1.29 is 27.1 Å². The number of hydrogen-bond acceptors (Lipinski definition) is 4. The quantitative estimate of drug-likeness (QED) is 0.352. The molecule has 35 heavy (non-hydrogen) atoms. The average molecular weight is 484 g/mol. The van der Waals surface area contributed by atoms with Gasteiger partial charge in [-0.2, -0.15) is 18.3 Å². The van der Waals surface area contributed by atoms with Crippen LogP contribution in [0.3, 0.4) is 0 Å². The number of benzene rings is 2. The second kappa shape index (κ2) is 9.96. The van der Waals surface area contributed by atoms with Crippen molar-refractivity contribution in [2.24, 2.45) is 0 Å². The number of pyridine rings is 1. The van der Waals surface area contributed by atoms with Crippen molar-refractivity contribution in [1.29, 1.82) is 0 Å². The van der Waals surface area contributed by atoms with Crippen LogP contribution in [0.4, 0.5) is 17.6 Å². The minimum atomic E-state index is -4.95. The zero-order valence-electron chi connectivity index (χ0n) is 18.5. The summed E-state index contributed by atoms with van der Waals surface area (Å²) in [5.41, 5.74) is -1.14. The van der Waals surface area contributed by atoms with Crippen molar-refractivity contribution in [3.05, 3.63) is 107 Å². The molecule has 1 amide bonds. The van der Waals surface area contributed by atoms with Gasteiger partial charge in [-0.25, -0.2) is 9.07 Å². The van der Waals surface area contributed by atoms with E-state index in [0.29, 0.717) is 16.0 Å². The molecule has 0 spiro atoms. The lowest BCUT2D eigenvalue weighted by molar-refractivity contribution is -0.143. The molecule has 0 aliphatic carbocycles. The Balaban J connectivity index is 1.54. The van der Waals surface area contributed by atoms with Gasteiger partial charge in [0, 0.05) is 6.20 Å². The van der Waals surface area contributed by atoms with Crippen molar-refractivity contribution in [3.63, 3.8) is 0 Å². The Morgan fingerprint density at radius 3 is 2.57 bits per heavy atom. The first-order valence-corrected chi connectivity index (χ1v) is 10.6. The molecule has 180 valence electrons. The number of amides is 1. The van der Waals surface area contributed by atoms with Crippen LogP contribution in [0.25, 0.3) is 5.69 Å². The van der Waals surface area contributed by atoms with E-state index in [0.717, 1.165) is 24.0 Å². The summed E-state index contributed by atoms with van der Waals surface area (Å²) in [6.45, 7) is 1.86. The molecule has 2 aromatic heterocycles. The van der Waals surface area contributed by atoms with E-state index >= 15 is 0 Å². The highest BCUT2D eigenvalue weighted by molar-refractivity contribution is 5.95. The fraction of sp³-hybridized carbons (Fsp3) is 0.160. The number of halogens is 4. The first-order valence-electron chi connectivity index (χ1n) is 10.6. The van der Waals surface area contributed by atoms with Gasteiger partial charge >= 0.3 is 6.18 Å². The van der Waals surface area contributed by atoms with E-state index < -0.39 is 40.9 Å². The van der Waals surface area contributed by atoms with Gasteiger partial charge in [0.25, 0.3) is 5.91 Å². The second-order valence-corrected chi connectivity index (χ2v) is 7.65. The normalized spacial score (nSPS) is 12.3. The van der Waals surface area contributed by atoms with E-state index in [1.165, 1.54) is 12.1 Å². The largest absolute Gasteiger partial charge is 0.487 e. The van der Waals surface area contributed by atoms with Crippen LogP contribution in [-0.4, -0.2) is 20.7 Å². The fourth-order valence-electron chi connectivity index (χ4n) is 3.47. The number of ether oxygens (including phenoxy) is 1. The van der Waals surface area contributed by atoms with Crippen molar-refractivity contribution >= 4 is 5.91 Å². The molecular weight excluding hydrogens is 464 g/mol. The van der Waals surface area contributed by atoms with Crippen LogP contribution in [0.5, 0.6) is 5.75 Å². The third kappa shape index (κ3) is 5.48. The summed E-state index contributed by atoms with van der Waals surface area (Å²) in [6, 6.07) is 16.5. The summed E-state index contributed by atoms with van der Waals surface area (Å²) < 4.78 is 61.9. The number of para-hydroxylation sites is 1. The summed E-state index contributed by atoms with van der Waals surface area (Å²) in [4.78, 5) is 17.0. The van der Waals surface area contributed by atoms with Crippen molar-refractivity contribution in [1.82, 2.24) is 20.1 Å². The van der Waals surface area contributed by atoms with Gasteiger partial charge in [0.15, 0.2) is 5.69 Å². The molecule has 0 aliphatic rings. The highest BCUT2D eigenvalue weighted by Gasteiger charge is 2.41. The standard InChI is InChI=1S/C25H20F4N4O2/c1-16(17-7-6-9-19(13-17)35-15-18-8-4-5-12-30-18)32-24(34)20-14-31-33(23(20)25(27,28)29)22-11-3-2-10-21(22)26/h2-14,16H,15H2,1H3,(H,32,34). The van der Waals surface area contributed by atoms with Gasteiger partial charge < -0.3 is 10.1 Å². The van der Waals surface area contributed by atoms with Gasteiger partial charge in [0.05, 0.1) is 23.5 Å². The maximum absolute atomic E-state index is 14.1. The number of carbonyl (C=O) groups excluding carboxylic acids is 1. The number of nitrogens with one attached hydrogen (secondary N) is 1. The minimum absolute atomic E-state index is 0.231. The summed E-state index contributed by atoms with van der Waals surface area (Å²) in [7, 11) is 0. The predicted octanol–water partition coefficient (Wildman–Crippen LogP) is 5.50. The number of hydrogen-bond donors (Lipinski definition) is 1. The summed E-state index contributed by atoms with van der Waals surface area (Å²) >= 11 is 0. The lowest BCUT2D eigenvalue weighted by Crippen LogP contribution is -2.29. The minimum Gasteiger partial charge on any atom is -0.487 e. The number of carbonyl (C=O) groups is 1. The van der Waals surface area contributed by atoms with E-state index in [1.807, 2.05) is 12.1 Å². The van der Waals surface area contributed by atoms with Crippen LogP contribution in [0.15, 0.2) is 79.1 Å². The average Bonchev–Trinajstić information content (AvgIpc) is 3.30. The Morgan fingerprint density at radius 2 is 1.86 bits per heavy atom. The van der Waals surface area contributed by atoms with E-state index in [9.17, 15) is 22.4 Å². The van der Waals surface area contributed by atoms with Crippen molar-refractivity contribution in [2.45, 2.75) is 25.7 Å². The Kier molecular flexibility index (Phi) is 6.81. The van der Waals surface area contributed by atoms with Crippen LogP contribution >= 0.6 is 0 Å². The van der Waals surface area contributed by atoms with Crippen LogP contribution < -0.4 is 10.1 Å². The second-order valence-electron chi connectivity index (χ2n) is 7.65. The highest BCUT2D eigenvalue weighted by Crippen LogP contribution is 2.34. The molecule has 6 nitrogen and oxygen atoms in total. The van der Waals surface area contributed by atoms with Gasteiger partial charge in [0.1, 0.15) is 23.9 Å². The maximum atomic E-state index is 14.1. The zero-order chi connectivity index (χ0) is 25.0. The van der Waals surface area contributed by atoms with E-state index in [-0.39, 0.29) is 6.61 Å². The molecule has 0 fully saturated rings. The molecule has 1 atom stereocenters. The Morgan fingerprint density at radius 1 is 1.09 bits per heavy atom. The fourth-order valence-corrected chi connectivity index (χ4v) is 3.47.